The Kier molecular flexibility index (Phi) is 5.63. The number of carbonyl (C=O) groups excluding carboxylic acids is 2. The average Bonchev–Trinajstić information content (AvgIpc) is 3.43. The number of amides is 2. The molecule has 0 atom stereocenters. The molecule has 2 aromatic heterocycles. The zero-order chi connectivity index (χ0) is 20.2. The molecule has 0 spiro atoms. The van der Waals surface area contributed by atoms with Crippen molar-refractivity contribution in [3.8, 4) is 11.5 Å². The van der Waals surface area contributed by atoms with Crippen LogP contribution in [0.15, 0.2) is 53.1 Å². The van der Waals surface area contributed by atoms with Gasteiger partial charge in [-0.3, -0.25) is 14.5 Å². The molecule has 1 aliphatic rings. The maximum absolute atomic E-state index is 12.8. The van der Waals surface area contributed by atoms with Crippen LogP contribution in [0.4, 0.5) is 10.8 Å². The van der Waals surface area contributed by atoms with Crippen molar-refractivity contribution in [2.24, 2.45) is 0 Å². The lowest BCUT2D eigenvalue weighted by molar-refractivity contribution is -0.113. The maximum Gasteiger partial charge on any atom is 0.262 e. The monoisotopic (exact) mass is 428 g/mol. The van der Waals surface area contributed by atoms with Crippen molar-refractivity contribution < 1.29 is 19.1 Å². The summed E-state index contributed by atoms with van der Waals surface area (Å²) < 4.78 is 10.6. The number of thiazole rings is 1. The number of hydrogen-bond acceptors (Lipinski definition) is 8. The van der Waals surface area contributed by atoms with E-state index in [0.717, 1.165) is 0 Å². The molecule has 8 nitrogen and oxygen atoms in total. The molecule has 1 aliphatic heterocycles. The number of pyridine rings is 1. The summed E-state index contributed by atoms with van der Waals surface area (Å²) in [5.74, 6) is 0.904. The van der Waals surface area contributed by atoms with Crippen molar-refractivity contribution in [3.05, 3.63) is 53.7 Å². The summed E-state index contributed by atoms with van der Waals surface area (Å²) in [5.41, 5.74) is 1.03. The topological polar surface area (TPSA) is 93.7 Å². The molecule has 4 rings (SSSR count). The molecule has 0 saturated carbocycles. The molecular weight excluding hydrogens is 412 g/mol. The Balaban J connectivity index is 1.41. The molecule has 0 bridgehead atoms. The predicted octanol–water partition coefficient (Wildman–Crippen LogP) is 3.27. The highest BCUT2D eigenvalue weighted by atomic mass is 32.2. The summed E-state index contributed by atoms with van der Waals surface area (Å²) in [5, 5.41) is 5.69. The number of anilines is 2. The Morgan fingerprint density at radius 3 is 2.90 bits per heavy atom. The van der Waals surface area contributed by atoms with Gasteiger partial charge in [-0.1, -0.05) is 11.8 Å². The number of ether oxygens (including phenoxy) is 2. The van der Waals surface area contributed by atoms with E-state index in [-0.39, 0.29) is 24.4 Å². The van der Waals surface area contributed by atoms with Crippen LogP contribution in [0.1, 0.15) is 10.4 Å². The summed E-state index contributed by atoms with van der Waals surface area (Å²) >= 11 is 2.57. The van der Waals surface area contributed by atoms with Gasteiger partial charge in [0.05, 0.1) is 11.3 Å². The molecule has 29 heavy (non-hydrogen) atoms. The van der Waals surface area contributed by atoms with E-state index in [9.17, 15) is 9.59 Å². The van der Waals surface area contributed by atoms with Crippen molar-refractivity contribution in [1.29, 1.82) is 0 Å². The van der Waals surface area contributed by atoms with Crippen LogP contribution in [0.3, 0.4) is 0 Å². The molecule has 1 N–H and O–H groups in total. The summed E-state index contributed by atoms with van der Waals surface area (Å²) in [4.78, 5) is 35.1. The fourth-order valence-corrected chi connectivity index (χ4v) is 4.02. The molecule has 0 unspecified atom stereocenters. The van der Waals surface area contributed by atoms with E-state index in [2.05, 4.69) is 15.3 Å². The van der Waals surface area contributed by atoms with Crippen LogP contribution in [-0.4, -0.2) is 41.4 Å². The quantitative estimate of drug-likeness (QED) is 0.602. The second-order valence-corrected chi connectivity index (χ2v) is 7.78. The van der Waals surface area contributed by atoms with Crippen LogP contribution >= 0.6 is 23.1 Å². The second-order valence-electron chi connectivity index (χ2n) is 5.94. The average molecular weight is 428 g/mol. The zero-order valence-electron chi connectivity index (χ0n) is 15.3. The fourth-order valence-electron chi connectivity index (χ4n) is 2.62. The molecule has 0 aliphatic carbocycles. The second kappa shape index (κ2) is 8.50. The number of nitrogens with one attached hydrogen (secondary N) is 1. The van der Waals surface area contributed by atoms with Gasteiger partial charge >= 0.3 is 0 Å². The van der Waals surface area contributed by atoms with Crippen LogP contribution in [0.25, 0.3) is 0 Å². The van der Waals surface area contributed by atoms with Gasteiger partial charge in [-0.15, -0.1) is 11.3 Å². The van der Waals surface area contributed by atoms with Gasteiger partial charge < -0.3 is 14.8 Å². The third kappa shape index (κ3) is 4.33. The third-order valence-corrected chi connectivity index (χ3v) is 5.86. The van der Waals surface area contributed by atoms with Gasteiger partial charge in [0.15, 0.2) is 16.6 Å². The summed E-state index contributed by atoms with van der Waals surface area (Å²) in [6.07, 6.45) is 3.24. The minimum Gasteiger partial charge on any atom is -0.454 e. The Labute approximate surface area is 174 Å². The number of thioether (sulfide) groups is 1. The molecule has 0 saturated heterocycles. The van der Waals surface area contributed by atoms with Gasteiger partial charge in [0, 0.05) is 36.6 Å². The predicted molar refractivity (Wildman–Crippen MR) is 111 cm³/mol. The lowest BCUT2D eigenvalue weighted by Crippen LogP contribution is -2.27. The Hall–Kier alpha value is -3.11. The van der Waals surface area contributed by atoms with Crippen LogP contribution in [0.5, 0.6) is 11.5 Å². The fraction of sp³-hybridized carbons (Fsp3) is 0.158. The Morgan fingerprint density at radius 2 is 2.07 bits per heavy atom. The minimum atomic E-state index is -0.230. The van der Waals surface area contributed by atoms with E-state index in [0.29, 0.717) is 32.9 Å². The smallest absolute Gasteiger partial charge is 0.262 e. The van der Waals surface area contributed by atoms with Crippen LogP contribution in [0.2, 0.25) is 0 Å². The Bertz CT molecular complexity index is 1040. The molecule has 148 valence electrons. The van der Waals surface area contributed by atoms with Crippen molar-refractivity contribution in [2.45, 2.75) is 5.03 Å². The molecule has 3 heterocycles. The van der Waals surface area contributed by atoms with E-state index < -0.39 is 0 Å². The molecule has 0 fully saturated rings. The van der Waals surface area contributed by atoms with Crippen LogP contribution in [-0.2, 0) is 4.79 Å². The first-order chi connectivity index (χ1) is 14.1. The van der Waals surface area contributed by atoms with Gasteiger partial charge in [-0.25, -0.2) is 9.97 Å². The standard InChI is InChI=1S/C19H16N4O4S2/c1-23(19-21-7-8-28-19)18(25)13-3-2-6-20-17(13)29-10-16(24)22-12-4-5-14-15(9-12)27-11-26-14/h2-9H,10-11H2,1H3,(H,22,24). The van der Waals surface area contributed by atoms with Gasteiger partial charge in [-0.05, 0) is 24.3 Å². The molecule has 2 amide bonds. The van der Waals surface area contributed by atoms with Crippen molar-refractivity contribution in [3.63, 3.8) is 0 Å². The summed E-state index contributed by atoms with van der Waals surface area (Å²) in [7, 11) is 1.66. The van der Waals surface area contributed by atoms with Gasteiger partial charge in [0.25, 0.3) is 5.91 Å². The molecule has 0 radical (unpaired) electrons. The molecule has 10 heteroatoms. The van der Waals surface area contributed by atoms with Gasteiger partial charge in [0.2, 0.25) is 12.7 Å². The van der Waals surface area contributed by atoms with E-state index >= 15 is 0 Å². The largest absolute Gasteiger partial charge is 0.454 e. The zero-order valence-corrected chi connectivity index (χ0v) is 17.0. The van der Waals surface area contributed by atoms with Crippen LogP contribution in [0, 0.1) is 0 Å². The lowest BCUT2D eigenvalue weighted by Gasteiger charge is -2.15. The number of aromatic nitrogens is 2. The number of fused-ring (bicyclic) bond motifs is 1. The summed E-state index contributed by atoms with van der Waals surface area (Å²) in [6.45, 7) is 0.175. The Morgan fingerprint density at radius 1 is 1.21 bits per heavy atom. The van der Waals surface area contributed by atoms with Crippen molar-refractivity contribution >= 4 is 45.7 Å². The first-order valence-electron chi connectivity index (χ1n) is 8.56. The maximum atomic E-state index is 12.8. The van der Waals surface area contributed by atoms with Gasteiger partial charge in [-0.2, -0.15) is 0 Å². The molecule has 3 aromatic rings. The van der Waals surface area contributed by atoms with Crippen LogP contribution < -0.4 is 19.7 Å². The first-order valence-corrected chi connectivity index (χ1v) is 10.4. The number of nitrogens with zero attached hydrogens (tertiary/aromatic N) is 3. The lowest BCUT2D eigenvalue weighted by atomic mass is 10.2. The highest BCUT2D eigenvalue weighted by Gasteiger charge is 2.20. The number of hydrogen-bond donors (Lipinski definition) is 1. The number of rotatable bonds is 6. The van der Waals surface area contributed by atoms with Crippen molar-refractivity contribution in [2.75, 3.05) is 29.8 Å². The number of benzene rings is 1. The summed E-state index contributed by atoms with van der Waals surface area (Å²) in [6, 6.07) is 8.59. The number of carbonyl (C=O) groups is 2. The normalized spacial score (nSPS) is 11.9. The minimum absolute atomic E-state index is 0.104. The highest BCUT2D eigenvalue weighted by Crippen LogP contribution is 2.34. The SMILES string of the molecule is CN(C(=O)c1cccnc1SCC(=O)Nc1ccc2c(c1)OCO2)c1nccs1. The van der Waals surface area contributed by atoms with E-state index in [4.69, 9.17) is 9.47 Å². The van der Waals surface area contributed by atoms with E-state index in [1.165, 1.54) is 28.0 Å². The van der Waals surface area contributed by atoms with Crippen molar-refractivity contribution in [1.82, 2.24) is 9.97 Å². The third-order valence-electron chi connectivity index (χ3n) is 4.01. The van der Waals surface area contributed by atoms with E-state index in [1.807, 2.05) is 0 Å². The molecule has 1 aromatic carbocycles. The molecular formula is C19H16N4O4S2. The van der Waals surface area contributed by atoms with Gasteiger partial charge in [0.1, 0.15) is 5.03 Å². The highest BCUT2D eigenvalue weighted by molar-refractivity contribution is 8.00. The van der Waals surface area contributed by atoms with E-state index in [1.54, 1.807) is 55.2 Å². The first kappa shape index (κ1) is 19.2.